The molecule has 0 heterocycles. The highest BCUT2D eigenvalue weighted by Gasteiger charge is 2.17. The normalized spacial score (nSPS) is 11.9. The van der Waals surface area contributed by atoms with E-state index in [0.717, 1.165) is 23.3 Å². The number of hydrogen-bond acceptors (Lipinski definition) is 2. The van der Waals surface area contributed by atoms with Crippen LogP contribution in [0.1, 0.15) is 18.1 Å². The molecular formula is C17H16ClF2NO2. The fourth-order valence-electron chi connectivity index (χ4n) is 2.06. The zero-order valence-electron chi connectivity index (χ0n) is 12.9. The van der Waals surface area contributed by atoms with Crippen molar-refractivity contribution in [2.75, 3.05) is 5.32 Å². The molecule has 0 saturated carbocycles. The number of halogens is 3. The highest BCUT2D eigenvalue weighted by molar-refractivity contribution is 6.32. The molecular weight excluding hydrogens is 324 g/mol. The first-order valence-electron chi connectivity index (χ1n) is 6.97. The second kappa shape index (κ2) is 6.96. The molecule has 0 radical (unpaired) electrons. The topological polar surface area (TPSA) is 38.3 Å². The van der Waals surface area contributed by atoms with Gasteiger partial charge in [-0.25, -0.2) is 8.78 Å². The predicted octanol–water partition coefficient (Wildman–Crippen LogP) is 4.64. The summed E-state index contributed by atoms with van der Waals surface area (Å²) >= 11 is 6.08. The molecule has 6 heteroatoms. The number of carbonyl (C=O) groups excluding carboxylic acids is 1. The van der Waals surface area contributed by atoms with Gasteiger partial charge in [-0.3, -0.25) is 4.79 Å². The van der Waals surface area contributed by atoms with Gasteiger partial charge in [-0.15, -0.1) is 0 Å². The van der Waals surface area contributed by atoms with Crippen LogP contribution in [-0.2, 0) is 4.79 Å². The smallest absolute Gasteiger partial charge is 0.265 e. The molecule has 0 aliphatic rings. The van der Waals surface area contributed by atoms with Crippen LogP contribution in [0, 0.1) is 25.5 Å². The number of amides is 1. The molecule has 1 unspecified atom stereocenters. The van der Waals surface area contributed by atoms with E-state index in [-0.39, 0.29) is 5.69 Å². The highest BCUT2D eigenvalue weighted by atomic mass is 35.5. The van der Waals surface area contributed by atoms with Crippen molar-refractivity contribution in [3.63, 3.8) is 0 Å². The van der Waals surface area contributed by atoms with Gasteiger partial charge in [-0.2, -0.15) is 0 Å². The summed E-state index contributed by atoms with van der Waals surface area (Å²) in [7, 11) is 0. The van der Waals surface area contributed by atoms with Crippen LogP contribution in [0.25, 0.3) is 0 Å². The Balaban J connectivity index is 2.08. The van der Waals surface area contributed by atoms with Crippen LogP contribution in [0.4, 0.5) is 14.5 Å². The first-order valence-corrected chi connectivity index (χ1v) is 7.35. The minimum Gasteiger partial charge on any atom is -0.481 e. The summed E-state index contributed by atoms with van der Waals surface area (Å²) in [5.41, 5.74) is 1.56. The lowest BCUT2D eigenvalue weighted by Gasteiger charge is -2.16. The molecule has 0 spiro atoms. The first-order chi connectivity index (χ1) is 10.8. The number of anilines is 1. The van der Waals surface area contributed by atoms with Gasteiger partial charge in [-0.05, 0) is 56.2 Å². The van der Waals surface area contributed by atoms with E-state index >= 15 is 0 Å². The van der Waals surface area contributed by atoms with Crippen LogP contribution in [-0.4, -0.2) is 12.0 Å². The van der Waals surface area contributed by atoms with Gasteiger partial charge in [0.15, 0.2) is 6.10 Å². The summed E-state index contributed by atoms with van der Waals surface area (Å²) in [6.07, 6.45) is -0.862. The molecule has 0 fully saturated rings. The zero-order valence-corrected chi connectivity index (χ0v) is 13.7. The van der Waals surface area contributed by atoms with Crippen molar-refractivity contribution < 1.29 is 18.3 Å². The Labute approximate surface area is 138 Å². The monoisotopic (exact) mass is 339 g/mol. The van der Waals surface area contributed by atoms with Gasteiger partial charge in [0, 0.05) is 11.1 Å². The van der Waals surface area contributed by atoms with E-state index in [1.807, 2.05) is 13.8 Å². The van der Waals surface area contributed by atoms with Crippen molar-refractivity contribution >= 4 is 23.2 Å². The third kappa shape index (κ3) is 4.20. The molecule has 23 heavy (non-hydrogen) atoms. The number of benzene rings is 2. The summed E-state index contributed by atoms with van der Waals surface area (Å²) < 4.78 is 32.0. The Kier molecular flexibility index (Phi) is 5.21. The molecule has 3 nitrogen and oxygen atoms in total. The van der Waals surface area contributed by atoms with Gasteiger partial charge >= 0.3 is 0 Å². The van der Waals surface area contributed by atoms with Crippen molar-refractivity contribution in [2.45, 2.75) is 26.9 Å². The first kappa shape index (κ1) is 17.2. The SMILES string of the molecule is Cc1cc(OC(C)C(=O)Nc2ccc(F)cc2F)cc(C)c1Cl. The average molecular weight is 340 g/mol. The van der Waals surface area contributed by atoms with E-state index in [9.17, 15) is 13.6 Å². The van der Waals surface area contributed by atoms with E-state index in [1.165, 1.54) is 6.92 Å². The van der Waals surface area contributed by atoms with Crippen molar-refractivity contribution in [3.8, 4) is 5.75 Å². The molecule has 0 aromatic heterocycles. The standard InChI is InChI=1S/C17H16ClF2NO2/c1-9-6-13(7-10(2)16(9)18)23-11(3)17(22)21-15-5-4-12(19)8-14(15)20/h4-8,11H,1-3H3,(H,21,22). The lowest BCUT2D eigenvalue weighted by atomic mass is 10.1. The fraction of sp³-hybridized carbons (Fsp3) is 0.235. The lowest BCUT2D eigenvalue weighted by Crippen LogP contribution is -2.30. The second-order valence-electron chi connectivity index (χ2n) is 5.24. The molecule has 2 aromatic carbocycles. The van der Waals surface area contributed by atoms with Crippen molar-refractivity contribution in [3.05, 3.63) is 58.1 Å². The van der Waals surface area contributed by atoms with Crippen LogP contribution >= 0.6 is 11.6 Å². The summed E-state index contributed by atoms with van der Waals surface area (Å²) in [6.45, 7) is 5.21. The molecule has 2 aromatic rings. The van der Waals surface area contributed by atoms with Crippen LogP contribution in [0.3, 0.4) is 0 Å². The number of rotatable bonds is 4. The van der Waals surface area contributed by atoms with Gasteiger partial charge in [0.25, 0.3) is 5.91 Å². The zero-order chi connectivity index (χ0) is 17.1. The van der Waals surface area contributed by atoms with Gasteiger partial charge < -0.3 is 10.1 Å². The molecule has 0 saturated heterocycles. The minimum atomic E-state index is -0.862. The quantitative estimate of drug-likeness (QED) is 0.881. The Morgan fingerprint density at radius 1 is 1.17 bits per heavy atom. The fourth-order valence-corrected chi connectivity index (χ4v) is 2.17. The molecule has 0 aliphatic heterocycles. The highest BCUT2D eigenvalue weighted by Crippen LogP contribution is 2.26. The maximum Gasteiger partial charge on any atom is 0.265 e. The van der Waals surface area contributed by atoms with Crippen LogP contribution in [0.15, 0.2) is 30.3 Å². The predicted molar refractivity (Wildman–Crippen MR) is 86.0 cm³/mol. The van der Waals surface area contributed by atoms with Crippen molar-refractivity contribution in [1.82, 2.24) is 0 Å². The lowest BCUT2D eigenvalue weighted by molar-refractivity contribution is -0.122. The molecule has 2 rings (SSSR count). The van der Waals surface area contributed by atoms with Crippen LogP contribution in [0.2, 0.25) is 5.02 Å². The summed E-state index contributed by atoms with van der Waals surface area (Å²) in [5, 5.41) is 3.01. The van der Waals surface area contributed by atoms with Crippen LogP contribution < -0.4 is 10.1 Å². The third-order valence-corrected chi connectivity index (χ3v) is 3.88. The maximum absolute atomic E-state index is 13.5. The van der Waals surface area contributed by atoms with Gasteiger partial charge in [-0.1, -0.05) is 11.6 Å². The van der Waals surface area contributed by atoms with E-state index in [0.29, 0.717) is 16.8 Å². The molecule has 1 N–H and O–H groups in total. The minimum absolute atomic E-state index is 0.102. The Morgan fingerprint density at radius 2 is 1.78 bits per heavy atom. The number of ether oxygens (including phenoxy) is 1. The molecule has 1 atom stereocenters. The van der Waals surface area contributed by atoms with Crippen molar-refractivity contribution in [1.29, 1.82) is 0 Å². The largest absolute Gasteiger partial charge is 0.481 e. The van der Waals surface area contributed by atoms with Gasteiger partial charge in [0.1, 0.15) is 17.4 Å². The maximum atomic E-state index is 13.5. The number of aryl methyl sites for hydroxylation is 2. The van der Waals surface area contributed by atoms with E-state index in [2.05, 4.69) is 5.32 Å². The number of nitrogens with one attached hydrogen (secondary N) is 1. The number of carbonyl (C=O) groups is 1. The molecule has 122 valence electrons. The Hall–Kier alpha value is -2.14. The summed E-state index contributed by atoms with van der Waals surface area (Å²) in [4.78, 5) is 12.1. The van der Waals surface area contributed by atoms with E-state index in [1.54, 1.807) is 12.1 Å². The molecule has 0 bridgehead atoms. The Morgan fingerprint density at radius 3 is 2.35 bits per heavy atom. The molecule has 0 aliphatic carbocycles. The van der Waals surface area contributed by atoms with Crippen molar-refractivity contribution in [2.24, 2.45) is 0 Å². The number of hydrogen-bond donors (Lipinski definition) is 1. The van der Waals surface area contributed by atoms with E-state index in [4.69, 9.17) is 16.3 Å². The summed E-state index contributed by atoms with van der Waals surface area (Å²) in [6, 6.07) is 6.37. The van der Waals surface area contributed by atoms with E-state index < -0.39 is 23.6 Å². The van der Waals surface area contributed by atoms with Gasteiger partial charge in [0.2, 0.25) is 0 Å². The second-order valence-corrected chi connectivity index (χ2v) is 5.62. The van der Waals surface area contributed by atoms with Crippen LogP contribution in [0.5, 0.6) is 5.75 Å². The Bertz CT molecular complexity index is 726. The summed E-state index contributed by atoms with van der Waals surface area (Å²) in [5.74, 6) is -1.60. The van der Waals surface area contributed by atoms with Gasteiger partial charge in [0.05, 0.1) is 5.69 Å². The third-order valence-electron chi connectivity index (χ3n) is 3.28. The average Bonchev–Trinajstić information content (AvgIpc) is 2.47. The molecule has 1 amide bonds.